The van der Waals surface area contributed by atoms with Crippen LogP contribution in [0.3, 0.4) is 0 Å². The van der Waals surface area contributed by atoms with Crippen LogP contribution in [0.25, 0.3) is 0 Å². The molecule has 0 aliphatic carbocycles. The first-order chi connectivity index (χ1) is 4.50. The smallest absolute Gasteiger partial charge is 0.498 e. The molecule has 0 saturated carbocycles. The first kappa shape index (κ1) is 11.8. The van der Waals surface area contributed by atoms with Crippen molar-refractivity contribution < 1.29 is 68.7 Å². The summed E-state index contributed by atoms with van der Waals surface area (Å²) in [7, 11) is 0. The van der Waals surface area contributed by atoms with Crippen LogP contribution < -0.4 is 57.0 Å². The Hall–Kier alpha value is 0.771. The topological polar surface area (TPSA) is 13.1 Å². The molecule has 1 nitrogen and oxygen atoms in total. The van der Waals surface area contributed by atoms with E-state index in [1.54, 1.807) is 0 Å². The van der Waals surface area contributed by atoms with Crippen LogP contribution in [0.5, 0.6) is 0 Å². The van der Waals surface area contributed by atoms with Gasteiger partial charge in [0.2, 0.25) is 0 Å². The SMILES string of the molecule is Cc1ccc([B-](F)(F)F)o1.[K+]. The molecule has 0 radical (unpaired) electrons. The van der Waals surface area contributed by atoms with E-state index in [0.717, 1.165) is 6.07 Å². The van der Waals surface area contributed by atoms with Crippen molar-refractivity contribution in [1.29, 1.82) is 0 Å². The Morgan fingerprint density at radius 1 is 1.27 bits per heavy atom. The molecule has 0 atom stereocenters. The summed E-state index contributed by atoms with van der Waals surface area (Å²) in [6.07, 6.45) is 0. The molecule has 1 aromatic heterocycles. The minimum Gasteiger partial charge on any atom is -0.498 e. The average Bonchev–Trinajstić information content (AvgIpc) is 2.11. The van der Waals surface area contributed by atoms with Gasteiger partial charge < -0.3 is 17.4 Å². The molecule has 0 fully saturated rings. The van der Waals surface area contributed by atoms with Crippen LogP contribution in [0.1, 0.15) is 5.76 Å². The number of aryl methyl sites for hydroxylation is 1. The minimum atomic E-state index is -4.95. The monoisotopic (exact) mass is 188 g/mol. The van der Waals surface area contributed by atoms with Gasteiger partial charge in [-0.1, -0.05) is 6.07 Å². The summed E-state index contributed by atoms with van der Waals surface area (Å²) in [4.78, 5) is 0. The molecule has 0 aromatic carbocycles. The Morgan fingerprint density at radius 3 is 2.00 bits per heavy atom. The van der Waals surface area contributed by atoms with Crippen molar-refractivity contribution in [2.75, 3.05) is 0 Å². The van der Waals surface area contributed by atoms with Gasteiger partial charge in [0, 0.05) is 5.66 Å². The molecule has 56 valence electrons. The van der Waals surface area contributed by atoms with Crippen LogP contribution in [-0.2, 0) is 0 Å². The van der Waals surface area contributed by atoms with Gasteiger partial charge in [-0.15, -0.1) is 0 Å². The molecule has 0 aliphatic rings. The van der Waals surface area contributed by atoms with Gasteiger partial charge in [-0.05, 0) is 13.0 Å². The molecule has 1 rings (SSSR count). The first-order valence-electron chi connectivity index (χ1n) is 2.76. The Balaban J connectivity index is 0.000001000. The van der Waals surface area contributed by atoms with Crippen molar-refractivity contribution in [3.8, 4) is 0 Å². The summed E-state index contributed by atoms with van der Waals surface area (Å²) >= 11 is 0. The van der Waals surface area contributed by atoms with E-state index in [0.29, 0.717) is 0 Å². The molecule has 11 heavy (non-hydrogen) atoms. The summed E-state index contributed by atoms with van der Waals surface area (Å²) in [5.74, 6) is 0.286. The Kier molecular flexibility index (Phi) is 4.42. The quantitative estimate of drug-likeness (QED) is 0.496. The summed E-state index contributed by atoms with van der Waals surface area (Å²) < 4.78 is 39.7. The minimum absolute atomic E-state index is 0. The van der Waals surface area contributed by atoms with E-state index in [2.05, 4.69) is 4.42 Å². The molecular formula is C5H5BF3KO. The van der Waals surface area contributed by atoms with Gasteiger partial charge in [-0.2, -0.15) is 0 Å². The molecule has 0 N–H and O–H groups in total. The van der Waals surface area contributed by atoms with Crippen LogP contribution in [0.15, 0.2) is 16.5 Å². The Morgan fingerprint density at radius 2 is 1.82 bits per heavy atom. The third kappa shape index (κ3) is 3.33. The summed E-state index contributed by atoms with van der Waals surface area (Å²) in [6, 6.07) is 2.24. The molecule has 0 amide bonds. The van der Waals surface area contributed by atoms with E-state index in [4.69, 9.17) is 0 Å². The van der Waals surface area contributed by atoms with Crippen molar-refractivity contribution in [3.05, 3.63) is 17.9 Å². The maximum Gasteiger partial charge on any atom is 1.00 e. The van der Waals surface area contributed by atoms with Crippen molar-refractivity contribution in [3.63, 3.8) is 0 Å². The summed E-state index contributed by atoms with van der Waals surface area (Å²) in [5, 5.41) is 0. The molecule has 0 saturated heterocycles. The summed E-state index contributed by atoms with van der Waals surface area (Å²) in [5.41, 5.74) is -0.877. The Labute approximate surface area is 105 Å². The first-order valence-corrected chi connectivity index (χ1v) is 2.76. The molecule has 0 aliphatic heterocycles. The average molecular weight is 188 g/mol. The van der Waals surface area contributed by atoms with Gasteiger partial charge in [0.15, 0.2) is 0 Å². The predicted molar refractivity (Wildman–Crippen MR) is 32.2 cm³/mol. The standard InChI is InChI=1S/C5H5BF3O.K/c1-4-2-3-5(10-4)6(7,8)9;/h2-3H,1H3;/q-1;+1. The molecule has 1 heterocycles. The van der Waals surface area contributed by atoms with E-state index in [1.807, 2.05) is 0 Å². The molecular weight excluding hydrogens is 183 g/mol. The zero-order valence-electron chi connectivity index (χ0n) is 6.27. The second-order valence-electron chi connectivity index (χ2n) is 2.02. The Bertz CT molecular complexity index is 232. The zero-order chi connectivity index (χ0) is 7.78. The fourth-order valence-electron chi connectivity index (χ4n) is 0.629. The molecule has 1 aromatic rings. The zero-order valence-corrected chi connectivity index (χ0v) is 9.40. The van der Waals surface area contributed by atoms with Crippen LogP contribution in [-0.4, -0.2) is 6.98 Å². The third-order valence-corrected chi connectivity index (χ3v) is 1.08. The number of halogens is 3. The van der Waals surface area contributed by atoms with E-state index in [1.165, 1.54) is 13.0 Å². The third-order valence-electron chi connectivity index (χ3n) is 1.08. The van der Waals surface area contributed by atoms with E-state index < -0.39 is 12.6 Å². The van der Waals surface area contributed by atoms with Gasteiger partial charge in [0.1, 0.15) is 0 Å². The predicted octanol–water partition coefficient (Wildman–Crippen LogP) is -1.35. The number of hydrogen-bond acceptors (Lipinski definition) is 1. The second-order valence-corrected chi connectivity index (χ2v) is 2.02. The van der Waals surface area contributed by atoms with Crippen molar-refractivity contribution in [1.82, 2.24) is 0 Å². The van der Waals surface area contributed by atoms with Crippen molar-refractivity contribution in [2.24, 2.45) is 0 Å². The van der Waals surface area contributed by atoms with E-state index in [-0.39, 0.29) is 57.1 Å². The van der Waals surface area contributed by atoms with Crippen LogP contribution in [0.4, 0.5) is 12.9 Å². The molecule has 6 heteroatoms. The number of furan rings is 1. The van der Waals surface area contributed by atoms with Gasteiger partial charge in [0.05, 0.1) is 5.76 Å². The van der Waals surface area contributed by atoms with E-state index in [9.17, 15) is 12.9 Å². The van der Waals surface area contributed by atoms with Gasteiger partial charge >= 0.3 is 58.4 Å². The fourth-order valence-corrected chi connectivity index (χ4v) is 0.629. The van der Waals surface area contributed by atoms with Crippen molar-refractivity contribution in [2.45, 2.75) is 6.92 Å². The summed E-state index contributed by atoms with van der Waals surface area (Å²) in [6.45, 7) is -3.47. The van der Waals surface area contributed by atoms with Crippen molar-refractivity contribution >= 4 is 12.6 Å². The van der Waals surface area contributed by atoms with Gasteiger partial charge in [-0.25, -0.2) is 0 Å². The van der Waals surface area contributed by atoms with Crippen LogP contribution >= 0.6 is 0 Å². The number of rotatable bonds is 1. The van der Waals surface area contributed by atoms with Gasteiger partial charge in [-0.3, -0.25) is 0 Å². The fraction of sp³-hybridized carbons (Fsp3) is 0.200. The largest absolute Gasteiger partial charge is 1.00 e. The second kappa shape index (κ2) is 4.13. The molecule has 0 spiro atoms. The van der Waals surface area contributed by atoms with E-state index >= 15 is 0 Å². The molecule has 0 unspecified atom stereocenters. The van der Waals surface area contributed by atoms with Gasteiger partial charge in [0.25, 0.3) is 0 Å². The molecule has 0 bridgehead atoms. The maximum atomic E-state index is 11.8. The number of hydrogen-bond donors (Lipinski definition) is 0. The normalized spacial score (nSPS) is 10.9. The van der Waals surface area contributed by atoms with Crippen LogP contribution in [0, 0.1) is 6.92 Å². The maximum absolute atomic E-state index is 11.8. The van der Waals surface area contributed by atoms with Crippen LogP contribution in [0.2, 0.25) is 0 Å².